The highest BCUT2D eigenvalue weighted by Crippen LogP contribution is 2.29. The second-order valence-corrected chi connectivity index (χ2v) is 8.87. The molecule has 1 N–H and O–H groups in total. The molecule has 0 aliphatic rings. The number of benzene rings is 1. The van der Waals surface area contributed by atoms with Crippen molar-refractivity contribution in [3.8, 4) is 0 Å². The number of aryl methyl sites for hydroxylation is 1. The van der Waals surface area contributed by atoms with E-state index in [2.05, 4.69) is 36.6 Å². The lowest BCUT2D eigenvalue weighted by Crippen LogP contribution is -2.35. The summed E-state index contributed by atoms with van der Waals surface area (Å²) in [5.74, 6) is 0.383. The number of halogens is 3. The van der Waals surface area contributed by atoms with Crippen LogP contribution >= 0.6 is 43.5 Å². The van der Waals surface area contributed by atoms with Gasteiger partial charge in [0.15, 0.2) is 0 Å². The predicted octanol–water partition coefficient (Wildman–Crippen LogP) is 4.06. The van der Waals surface area contributed by atoms with E-state index in [1.807, 2.05) is 20.8 Å². The van der Waals surface area contributed by atoms with Gasteiger partial charge >= 0.3 is 0 Å². The van der Waals surface area contributed by atoms with Crippen molar-refractivity contribution < 1.29 is 8.42 Å². The second kappa shape index (κ2) is 6.43. The Balaban J connectivity index is 3.05. The largest absolute Gasteiger partial charge is 0.241 e. The van der Waals surface area contributed by atoms with E-state index >= 15 is 0 Å². The molecule has 0 amide bonds. The van der Waals surface area contributed by atoms with Crippen LogP contribution < -0.4 is 4.72 Å². The third kappa shape index (κ3) is 4.70. The standard InChI is InChI=1S/C12H16Br2ClNO2S/c1-8-4-10(14)11(5-9(8)13)19(17,18)16-7-12(2,3)6-15/h4-5,16H,6-7H2,1-3H3. The minimum absolute atomic E-state index is 0.218. The molecule has 0 fully saturated rings. The van der Waals surface area contributed by atoms with Gasteiger partial charge in [-0.1, -0.05) is 29.8 Å². The van der Waals surface area contributed by atoms with Crippen molar-refractivity contribution in [1.29, 1.82) is 0 Å². The maximum Gasteiger partial charge on any atom is 0.241 e. The molecular weight excluding hydrogens is 417 g/mol. The molecule has 1 rings (SSSR count). The fraction of sp³-hybridized carbons (Fsp3) is 0.500. The second-order valence-electron chi connectivity index (χ2n) is 5.15. The molecule has 1 aromatic carbocycles. The van der Waals surface area contributed by atoms with Gasteiger partial charge in [-0.2, -0.15) is 0 Å². The van der Waals surface area contributed by atoms with Crippen molar-refractivity contribution in [1.82, 2.24) is 4.72 Å². The van der Waals surface area contributed by atoms with E-state index in [0.29, 0.717) is 10.4 Å². The van der Waals surface area contributed by atoms with Crippen LogP contribution in [0.25, 0.3) is 0 Å². The van der Waals surface area contributed by atoms with Crippen LogP contribution in [-0.2, 0) is 10.0 Å². The first-order valence-electron chi connectivity index (χ1n) is 5.60. The van der Waals surface area contributed by atoms with Gasteiger partial charge in [0.1, 0.15) is 0 Å². The van der Waals surface area contributed by atoms with Crippen molar-refractivity contribution in [2.75, 3.05) is 12.4 Å². The molecule has 0 radical (unpaired) electrons. The van der Waals surface area contributed by atoms with Crippen molar-refractivity contribution >= 4 is 53.5 Å². The summed E-state index contributed by atoms with van der Waals surface area (Å²) in [6.45, 7) is 6.00. The van der Waals surface area contributed by atoms with E-state index in [4.69, 9.17) is 11.6 Å². The third-order valence-corrected chi connectivity index (χ3v) is 6.54. The SMILES string of the molecule is Cc1cc(Br)c(S(=O)(=O)NCC(C)(C)CCl)cc1Br. The van der Waals surface area contributed by atoms with Crippen LogP contribution in [0.4, 0.5) is 0 Å². The van der Waals surface area contributed by atoms with Crippen LogP contribution in [0.1, 0.15) is 19.4 Å². The molecule has 0 unspecified atom stereocenters. The highest BCUT2D eigenvalue weighted by molar-refractivity contribution is 9.11. The van der Waals surface area contributed by atoms with Gasteiger partial charge in [0, 0.05) is 21.4 Å². The fourth-order valence-corrected chi connectivity index (χ4v) is 4.26. The summed E-state index contributed by atoms with van der Waals surface area (Å²) < 4.78 is 28.4. The van der Waals surface area contributed by atoms with Crippen LogP contribution in [0, 0.1) is 12.3 Å². The quantitative estimate of drug-likeness (QED) is 0.712. The molecule has 7 heteroatoms. The predicted molar refractivity (Wildman–Crippen MR) is 86.3 cm³/mol. The van der Waals surface area contributed by atoms with E-state index in [1.165, 1.54) is 0 Å². The topological polar surface area (TPSA) is 46.2 Å². The summed E-state index contributed by atoms with van der Waals surface area (Å²) in [6, 6.07) is 3.36. The van der Waals surface area contributed by atoms with E-state index in [9.17, 15) is 8.42 Å². The number of nitrogens with one attached hydrogen (secondary N) is 1. The Morgan fingerprint density at radius 1 is 1.26 bits per heavy atom. The normalized spacial score (nSPS) is 12.7. The maximum absolute atomic E-state index is 12.3. The van der Waals surface area contributed by atoms with Crippen molar-refractivity contribution in [2.45, 2.75) is 25.7 Å². The van der Waals surface area contributed by atoms with Gasteiger partial charge in [0.05, 0.1) is 4.90 Å². The monoisotopic (exact) mass is 431 g/mol. The summed E-state index contributed by atoms with van der Waals surface area (Å²) in [5.41, 5.74) is 0.676. The van der Waals surface area contributed by atoms with Crippen molar-refractivity contribution in [2.24, 2.45) is 5.41 Å². The Morgan fingerprint density at radius 2 is 1.84 bits per heavy atom. The van der Waals surface area contributed by atoms with Gasteiger partial charge in [0.25, 0.3) is 0 Å². The molecular formula is C12H16Br2ClNO2S. The Hall–Kier alpha value is 0.380. The van der Waals surface area contributed by atoms with Gasteiger partial charge < -0.3 is 0 Å². The molecule has 3 nitrogen and oxygen atoms in total. The minimum atomic E-state index is -3.56. The summed E-state index contributed by atoms with van der Waals surface area (Å²) in [7, 11) is -3.56. The zero-order valence-electron chi connectivity index (χ0n) is 10.9. The Kier molecular flexibility index (Phi) is 5.90. The number of alkyl halides is 1. The van der Waals surface area contributed by atoms with Crippen LogP contribution in [0.5, 0.6) is 0 Å². The Labute approximate surface area is 136 Å². The average Bonchev–Trinajstić information content (AvgIpc) is 2.31. The molecule has 0 bridgehead atoms. The summed E-state index contributed by atoms with van der Waals surface area (Å²) in [4.78, 5) is 0.218. The maximum atomic E-state index is 12.3. The molecule has 0 heterocycles. The van der Waals surface area contributed by atoms with E-state index in [-0.39, 0.29) is 16.9 Å². The zero-order chi connectivity index (χ0) is 14.8. The Bertz CT molecular complexity index is 573. The highest BCUT2D eigenvalue weighted by Gasteiger charge is 2.23. The number of sulfonamides is 1. The lowest BCUT2D eigenvalue weighted by molar-refractivity contribution is 0.414. The molecule has 1 aromatic rings. The smallest absolute Gasteiger partial charge is 0.211 e. The fourth-order valence-electron chi connectivity index (χ4n) is 1.25. The van der Waals surface area contributed by atoms with Crippen molar-refractivity contribution in [3.63, 3.8) is 0 Å². The highest BCUT2D eigenvalue weighted by atomic mass is 79.9. The van der Waals surface area contributed by atoms with Crippen LogP contribution in [0.3, 0.4) is 0 Å². The molecule has 0 aromatic heterocycles. The van der Waals surface area contributed by atoms with Crippen LogP contribution in [0.15, 0.2) is 26.0 Å². The van der Waals surface area contributed by atoms with Crippen LogP contribution in [0.2, 0.25) is 0 Å². The van der Waals surface area contributed by atoms with Gasteiger partial charge in [0.2, 0.25) is 10.0 Å². The molecule has 0 spiro atoms. The molecule has 0 aliphatic carbocycles. The third-order valence-electron chi connectivity index (χ3n) is 2.61. The molecule has 0 aliphatic heterocycles. The minimum Gasteiger partial charge on any atom is -0.211 e. The van der Waals surface area contributed by atoms with E-state index < -0.39 is 10.0 Å². The molecule has 19 heavy (non-hydrogen) atoms. The molecule has 0 saturated heterocycles. The molecule has 0 atom stereocenters. The van der Waals surface area contributed by atoms with Crippen LogP contribution in [-0.4, -0.2) is 20.8 Å². The van der Waals surface area contributed by atoms with Crippen molar-refractivity contribution in [3.05, 3.63) is 26.6 Å². The van der Waals surface area contributed by atoms with E-state index in [1.54, 1.807) is 12.1 Å². The Morgan fingerprint density at radius 3 is 2.37 bits per heavy atom. The summed E-state index contributed by atoms with van der Waals surface area (Å²) in [5, 5.41) is 0. The molecule has 108 valence electrons. The average molecular weight is 434 g/mol. The number of hydrogen-bond acceptors (Lipinski definition) is 2. The van der Waals surface area contributed by atoms with Gasteiger partial charge in [-0.05, 0) is 46.0 Å². The first-order chi connectivity index (χ1) is 8.59. The summed E-state index contributed by atoms with van der Waals surface area (Å²) >= 11 is 12.4. The zero-order valence-corrected chi connectivity index (χ0v) is 15.7. The van der Waals surface area contributed by atoms with Gasteiger partial charge in [-0.3, -0.25) is 0 Å². The first kappa shape index (κ1) is 17.4. The van der Waals surface area contributed by atoms with Gasteiger partial charge in [-0.15, -0.1) is 11.6 Å². The lowest BCUT2D eigenvalue weighted by Gasteiger charge is -2.22. The first-order valence-corrected chi connectivity index (χ1v) is 9.21. The van der Waals surface area contributed by atoms with Gasteiger partial charge in [-0.25, -0.2) is 13.1 Å². The number of hydrogen-bond donors (Lipinski definition) is 1. The lowest BCUT2D eigenvalue weighted by atomic mass is 9.97. The number of rotatable bonds is 5. The summed E-state index contributed by atoms with van der Waals surface area (Å²) in [6.07, 6.45) is 0. The molecule has 0 saturated carbocycles. The van der Waals surface area contributed by atoms with E-state index in [0.717, 1.165) is 10.0 Å².